The lowest BCUT2D eigenvalue weighted by molar-refractivity contribution is -0.141. The van der Waals surface area contributed by atoms with E-state index in [0.717, 1.165) is 25.7 Å². The summed E-state index contributed by atoms with van der Waals surface area (Å²) in [4.78, 5) is 39.6. The summed E-state index contributed by atoms with van der Waals surface area (Å²) in [5.41, 5.74) is -0.305. The SMILES string of the molecule is CN[C@H](C(=O)N[C@H](C(=O)N(C)[C@H](C=C(C)C(=O)O)C(C)C)C(C)(C)C)C1CCCCC1. The van der Waals surface area contributed by atoms with Gasteiger partial charge in [0, 0.05) is 12.6 Å². The second kappa shape index (κ2) is 11.7. The zero-order valence-electron chi connectivity index (χ0n) is 20.6. The Labute approximate surface area is 188 Å². The molecule has 0 aromatic carbocycles. The molecule has 1 rings (SSSR count). The lowest BCUT2D eigenvalue weighted by Crippen LogP contribution is -2.60. The van der Waals surface area contributed by atoms with Crippen LogP contribution in [0.3, 0.4) is 0 Å². The van der Waals surface area contributed by atoms with Crippen molar-refractivity contribution in [1.29, 1.82) is 0 Å². The Morgan fingerprint density at radius 3 is 2.06 bits per heavy atom. The number of carboxylic acid groups (broad SMARTS) is 1. The number of aliphatic carboxylic acids is 1. The van der Waals surface area contributed by atoms with E-state index in [1.165, 1.54) is 13.3 Å². The number of likely N-dealkylation sites (N-methyl/N-ethyl adjacent to an activating group) is 2. The van der Waals surface area contributed by atoms with Crippen molar-refractivity contribution in [3.63, 3.8) is 0 Å². The van der Waals surface area contributed by atoms with Crippen LogP contribution in [0, 0.1) is 17.3 Å². The topological polar surface area (TPSA) is 98.7 Å². The first-order valence-electron chi connectivity index (χ1n) is 11.5. The molecule has 0 aliphatic heterocycles. The maximum atomic E-state index is 13.5. The molecule has 0 spiro atoms. The molecule has 1 saturated carbocycles. The smallest absolute Gasteiger partial charge is 0.331 e. The van der Waals surface area contributed by atoms with Crippen molar-refractivity contribution in [3.8, 4) is 0 Å². The number of carboxylic acids is 1. The van der Waals surface area contributed by atoms with E-state index >= 15 is 0 Å². The van der Waals surface area contributed by atoms with Gasteiger partial charge in [-0.1, -0.05) is 60.0 Å². The van der Waals surface area contributed by atoms with Gasteiger partial charge in [0.05, 0.1) is 12.1 Å². The van der Waals surface area contributed by atoms with Gasteiger partial charge in [-0.05, 0) is 44.1 Å². The molecule has 178 valence electrons. The van der Waals surface area contributed by atoms with Gasteiger partial charge in [-0.25, -0.2) is 4.79 Å². The molecular formula is C24H43N3O4. The minimum Gasteiger partial charge on any atom is -0.478 e. The van der Waals surface area contributed by atoms with Gasteiger partial charge in [0.2, 0.25) is 11.8 Å². The first-order chi connectivity index (χ1) is 14.3. The molecule has 3 atom stereocenters. The number of nitrogens with zero attached hydrogens (tertiary/aromatic N) is 1. The standard InChI is InChI=1S/C24H43N3O4/c1-15(2)18(14-16(3)23(30)31)27(8)22(29)20(24(4,5)6)26-21(28)19(25-7)17-12-10-9-11-13-17/h14-15,17-20,25H,9-13H2,1-8H3,(H,26,28)(H,30,31)/t18-,19+,20-/m1/s1. The number of carbonyl (C=O) groups is 3. The van der Waals surface area contributed by atoms with Gasteiger partial charge in [0.25, 0.3) is 0 Å². The van der Waals surface area contributed by atoms with Crippen molar-refractivity contribution in [2.24, 2.45) is 17.3 Å². The van der Waals surface area contributed by atoms with Crippen LogP contribution in [-0.2, 0) is 14.4 Å². The lowest BCUT2D eigenvalue weighted by atomic mass is 9.82. The maximum Gasteiger partial charge on any atom is 0.331 e. The van der Waals surface area contributed by atoms with Crippen LogP contribution in [0.15, 0.2) is 11.6 Å². The number of amides is 2. The Kier molecular flexibility index (Phi) is 10.2. The predicted molar refractivity (Wildman–Crippen MR) is 124 cm³/mol. The van der Waals surface area contributed by atoms with Crippen LogP contribution >= 0.6 is 0 Å². The molecule has 0 unspecified atom stereocenters. The molecule has 0 aromatic rings. The summed E-state index contributed by atoms with van der Waals surface area (Å²) in [6, 6.07) is -1.42. The second-order valence-electron chi connectivity index (χ2n) is 10.3. The van der Waals surface area contributed by atoms with Gasteiger partial charge in [-0.3, -0.25) is 9.59 Å². The number of carbonyl (C=O) groups excluding carboxylic acids is 2. The first-order valence-corrected chi connectivity index (χ1v) is 11.5. The fourth-order valence-corrected chi connectivity index (χ4v) is 4.36. The van der Waals surface area contributed by atoms with E-state index in [1.54, 1.807) is 25.1 Å². The highest BCUT2D eigenvalue weighted by molar-refractivity contribution is 5.91. The van der Waals surface area contributed by atoms with Crippen LogP contribution in [0.25, 0.3) is 0 Å². The van der Waals surface area contributed by atoms with E-state index < -0.39 is 17.4 Å². The third-order valence-electron chi connectivity index (χ3n) is 6.35. The molecule has 7 heteroatoms. The van der Waals surface area contributed by atoms with Crippen LogP contribution in [0.1, 0.15) is 73.6 Å². The van der Waals surface area contributed by atoms with E-state index in [0.29, 0.717) is 0 Å². The van der Waals surface area contributed by atoms with Crippen molar-refractivity contribution in [2.75, 3.05) is 14.1 Å². The summed E-state index contributed by atoms with van der Waals surface area (Å²) >= 11 is 0. The molecule has 0 saturated heterocycles. The van der Waals surface area contributed by atoms with Gasteiger partial charge >= 0.3 is 5.97 Å². The molecule has 0 bridgehead atoms. The Bertz CT molecular complexity index is 660. The van der Waals surface area contributed by atoms with E-state index in [-0.39, 0.29) is 41.3 Å². The van der Waals surface area contributed by atoms with Crippen LogP contribution in [0.5, 0.6) is 0 Å². The average Bonchev–Trinajstić information content (AvgIpc) is 2.69. The number of nitrogens with one attached hydrogen (secondary N) is 2. The molecular weight excluding hydrogens is 394 g/mol. The predicted octanol–water partition coefficient (Wildman–Crippen LogP) is 3.20. The normalized spacial score (nSPS) is 18.9. The Balaban J connectivity index is 3.11. The van der Waals surface area contributed by atoms with E-state index in [9.17, 15) is 19.5 Å². The van der Waals surface area contributed by atoms with Gasteiger partial charge in [-0.15, -0.1) is 0 Å². The fourth-order valence-electron chi connectivity index (χ4n) is 4.36. The Morgan fingerprint density at radius 2 is 1.65 bits per heavy atom. The highest BCUT2D eigenvalue weighted by Gasteiger charge is 2.39. The van der Waals surface area contributed by atoms with Crippen LogP contribution in [0.2, 0.25) is 0 Å². The molecule has 0 radical (unpaired) electrons. The summed E-state index contributed by atoms with van der Waals surface area (Å²) in [7, 11) is 3.48. The Hall–Kier alpha value is -1.89. The third kappa shape index (κ3) is 7.63. The zero-order chi connectivity index (χ0) is 23.9. The quantitative estimate of drug-likeness (QED) is 0.481. The minimum atomic E-state index is -1.00. The van der Waals surface area contributed by atoms with Crippen LogP contribution < -0.4 is 10.6 Å². The largest absolute Gasteiger partial charge is 0.478 e. The van der Waals surface area contributed by atoms with E-state index in [2.05, 4.69) is 10.6 Å². The van der Waals surface area contributed by atoms with Crippen molar-refractivity contribution in [1.82, 2.24) is 15.5 Å². The summed E-state index contributed by atoms with van der Waals surface area (Å²) < 4.78 is 0. The molecule has 7 nitrogen and oxygen atoms in total. The van der Waals surface area contributed by atoms with Gasteiger partial charge in [0.15, 0.2) is 0 Å². The van der Waals surface area contributed by atoms with Crippen molar-refractivity contribution >= 4 is 17.8 Å². The Morgan fingerprint density at radius 1 is 1.10 bits per heavy atom. The average molecular weight is 438 g/mol. The van der Waals surface area contributed by atoms with Crippen molar-refractivity contribution in [2.45, 2.75) is 91.8 Å². The summed E-state index contributed by atoms with van der Waals surface area (Å²) in [5, 5.41) is 15.5. The molecule has 1 fully saturated rings. The fraction of sp³-hybridized carbons (Fsp3) is 0.792. The highest BCUT2D eigenvalue weighted by Crippen LogP contribution is 2.28. The summed E-state index contributed by atoms with van der Waals surface area (Å²) in [5.74, 6) is -1.07. The van der Waals surface area contributed by atoms with E-state index in [1.807, 2.05) is 34.6 Å². The van der Waals surface area contributed by atoms with Crippen LogP contribution in [0.4, 0.5) is 0 Å². The molecule has 1 aliphatic carbocycles. The maximum absolute atomic E-state index is 13.5. The second-order valence-corrected chi connectivity index (χ2v) is 10.3. The van der Waals surface area contributed by atoms with Crippen molar-refractivity contribution in [3.05, 3.63) is 11.6 Å². The highest BCUT2D eigenvalue weighted by atomic mass is 16.4. The van der Waals surface area contributed by atoms with Gasteiger partial charge in [-0.2, -0.15) is 0 Å². The monoisotopic (exact) mass is 437 g/mol. The third-order valence-corrected chi connectivity index (χ3v) is 6.35. The molecule has 0 heterocycles. The summed E-state index contributed by atoms with van der Waals surface area (Å²) in [6.45, 7) is 11.2. The molecule has 2 amide bonds. The molecule has 0 aromatic heterocycles. The number of rotatable bonds is 9. The molecule has 3 N–H and O–H groups in total. The van der Waals surface area contributed by atoms with E-state index in [4.69, 9.17) is 0 Å². The molecule has 31 heavy (non-hydrogen) atoms. The van der Waals surface area contributed by atoms with Gasteiger partial charge in [0.1, 0.15) is 6.04 Å². The van der Waals surface area contributed by atoms with Gasteiger partial charge < -0.3 is 20.6 Å². The molecule has 1 aliphatic rings. The van der Waals surface area contributed by atoms with Crippen LogP contribution in [-0.4, -0.2) is 60.0 Å². The first kappa shape index (κ1) is 27.1. The lowest BCUT2D eigenvalue weighted by Gasteiger charge is -2.38. The minimum absolute atomic E-state index is 0.0202. The zero-order valence-corrected chi connectivity index (χ0v) is 20.6. The summed E-state index contributed by atoms with van der Waals surface area (Å²) in [6.07, 6.45) is 7.12. The number of hydrogen-bond acceptors (Lipinski definition) is 4. The van der Waals surface area contributed by atoms with Crippen molar-refractivity contribution < 1.29 is 19.5 Å². The number of hydrogen-bond donors (Lipinski definition) is 3.